The van der Waals surface area contributed by atoms with Gasteiger partial charge in [-0.2, -0.15) is 0 Å². The maximum absolute atomic E-state index is 15.3. The predicted octanol–water partition coefficient (Wildman–Crippen LogP) is 4.72. The average molecular weight is 688 g/mol. The normalized spacial score (nSPS) is 13.9. The van der Waals surface area contributed by atoms with E-state index in [9.17, 15) is 28.7 Å². The van der Waals surface area contributed by atoms with Crippen LogP contribution in [-0.4, -0.2) is 69.8 Å². The first-order valence-electron chi connectivity index (χ1n) is 16.3. The Labute approximate surface area is 287 Å². The first kappa shape index (κ1) is 35.7. The summed E-state index contributed by atoms with van der Waals surface area (Å²) in [6.07, 6.45) is 0.485. The van der Waals surface area contributed by atoms with Gasteiger partial charge < -0.3 is 36.7 Å². The van der Waals surface area contributed by atoms with Gasteiger partial charge in [0, 0.05) is 42.1 Å². The number of halogens is 2. The first-order valence-corrected chi connectivity index (χ1v) is 16.3. The number of nitrogens with two attached hydrogens (primary N) is 1. The third-order valence-electron chi connectivity index (χ3n) is 8.92. The summed E-state index contributed by atoms with van der Waals surface area (Å²) in [7, 11) is 0. The summed E-state index contributed by atoms with van der Waals surface area (Å²) in [6, 6.07) is 13.2. The second-order valence-corrected chi connectivity index (χ2v) is 12.1. The van der Waals surface area contributed by atoms with Gasteiger partial charge in [0.1, 0.15) is 28.6 Å². The number of rotatable bonds is 11. The summed E-state index contributed by atoms with van der Waals surface area (Å²) >= 11 is 0. The van der Waals surface area contributed by atoms with Crippen LogP contribution in [0, 0.1) is 24.0 Å². The minimum atomic E-state index is -1.45. The van der Waals surface area contributed by atoms with E-state index in [1.54, 1.807) is 19.1 Å². The van der Waals surface area contributed by atoms with Gasteiger partial charge in [0.2, 0.25) is 5.91 Å². The number of carbonyl (C=O) groups is 4. The van der Waals surface area contributed by atoms with E-state index in [1.165, 1.54) is 36.4 Å². The number of carboxylic acids is 1. The molecule has 0 spiro atoms. The standard InChI is InChI=1S/C30H33FN6O5.C6H6FN/c1-4-37(5-2)13-12-32-27(39)24-16(3)34-25(36-24)20-9-8-18(21-15-33-26(38)23(20)21)19-7-6-17(14-22(19)31)35-28(40)30(10-11-30)29(41)42;7-5-1-3-6(8)4-2-5/h6-9,14H,4-5,10-13,15H2,1-3H3,(H,32,39)(H,33,38)(H,34,36)(H,35,40)(H,41,42);1-4H,8H2. The number of anilines is 2. The van der Waals surface area contributed by atoms with E-state index in [4.69, 9.17) is 5.73 Å². The van der Waals surface area contributed by atoms with Crippen molar-refractivity contribution in [3.05, 3.63) is 88.7 Å². The summed E-state index contributed by atoms with van der Waals surface area (Å²) in [4.78, 5) is 59.4. The van der Waals surface area contributed by atoms with Crippen molar-refractivity contribution in [1.82, 2.24) is 25.5 Å². The van der Waals surface area contributed by atoms with Crippen molar-refractivity contribution in [1.29, 1.82) is 0 Å². The molecule has 0 bridgehead atoms. The number of aromatic amines is 1. The number of likely N-dealkylation sites (N-methyl/N-ethyl adjacent to an activating group) is 1. The molecule has 6 rings (SSSR count). The third kappa shape index (κ3) is 7.49. The van der Waals surface area contributed by atoms with Gasteiger partial charge >= 0.3 is 5.97 Å². The van der Waals surface area contributed by atoms with E-state index in [2.05, 4.69) is 44.7 Å². The Bertz CT molecular complexity index is 1910. The third-order valence-corrected chi connectivity index (χ3v) is 8.92. The number of imidazole rings is 1. The van der Waals surface area contributed by atoms with Crippen LogP contribution in [0.5, 0.6) is 0 Å². The zero-order valence-corrected chi connectivity index (χ0v) is 28.0. The number of nitrogen functional groups attached to an aromatic ring is 1. The highest BCUT2D eigenvalue weighted by Crippen LogP contribution is 2.47. The number of hydrogen-bond donors (Lipinski definition) is 6. The minimum absolute atomic E-state index is 0.144. The van der Waals surface area contributed by atoms with E-state index in [-0.39, 0.29) is 48.3 Å². The summed E-state index contributed by atoms with van der Waals surface area (Å²) in [5.74, 6) is -3.03. The largest absolute Gasteiger partial charge is 0.480 e. The van der Waals surface area contributed by atoms with Gasteiger partial charge in [-0.25, -0.2) is 13.8 Å². The number of hydrogen-bond acceptors (Lipinski definition) is 7. The molecular formula is C36H39F2N7O5. The molecule has 1 aromatic heterocycles. The van der Waals surface area contributed by atoms with Crippen LogP contribution < -0.4 is 21.7 Å². The van der Waals surface area contributed by atoms with E-state index in [1.807, 2.05) is 0 Å². The van der Waals surface area contributed by atoms with Crippen LogP contribution in [0.2, 0.25) is 0 Å². The lowest BCUT2D eigenvalue weighted by Crippen LogP contribution is -2.35. The Morgan fingerprint density at radius 2 is 1.66 bits per heavy atom. The fourth-order valence-electron chi connectivity index (χ4n) is 5.75. The summed E-state index contributed by atoms with van der Waals surface area (Å²) < 4.78 is 27.4. The lowest BCUT2D eigenvalue weighted by molar-refractivity contribution is -0.147. The van der Waals surface area contributed by atoms with Gasteiger partial charge in [-0.1, -0.05) is 19.9 Å². The number of fused-ring (bicyclic) bond motifs is 1. The maximum Gasteiger partial charge on any atom is 0.319 e. The Morgan fingerprint density at radius 1 is 1.00 bits per heavy atom. The highest BCUT2D eigenvalue weighted by molar-refractivity contribution is 6.11. The molecule has 1 aliphatic heterocycles. The van der Waals surface area contributed by atoms with E-state index >= 15 is 4.39 Å². The van der Waals surface area contributed by atoms with Crippen LogP contribution in [0.4, 0.5) is 20.2 Å². The zero-order chi connectivity index (χ0) is 36.2. The SMILES string of the molecule is CCN(CC)CCNC(=O)c1[nH]c(-c2ccc(-c3ccc(NC(=O)C4(C(=O)O)CC4)cc3F)c3c2C(=O)NC3)nc1C.Nc1ccc(F)cc1. The highest BCUT2D eigenvalue weighted by atomic mass is 19.1. The lowest BCUT2D eigenvalue weighted by atomic mass is 9.92. The number of carbonyl (C=O) groups excluding carboxylic acids is 3. The quantitative estimate of drug-likeness (QED) is 0.0968. The number of nitrogens with one attached hydrogen (secondary N) is 4. The monoisotopic (exact) mass is 687 g/mol. The molecule has 2 aliphatic rings. The number of H-pyrrole nitrogens is 1. The molecule has 262 valence electrons. The molecule has 14 heteroatoms. The second kappa shape index (κ2) is 14.9. The zero-order valence-electron chi connectivity index (χ0n) is 28.0. The number of aliphatic carboxylic acids is 1. The smallest absolute Gasteiger partial charge is 0.319 e. The summed E-state index contributed by atoms with van der Waals surface area (Å²) in [5.41, 5.74) is 7.45. The van der Waals surface area contributed by atoms with E-state index in [0.717, 1.165) is 25.7 Å². The van der Waals surface area contributed by atoms with Gasteiger partial charge in [-0.05, 0) is 92.5 Å². The Balaban J connectivity index is 0.000000535. The molecular weight excluding hydrogens is 648 g/mol. The Kier molecular flexibility index (Phi) is 10.6. The van der Waals surface area contributed by atoms with Crippen molar-refractivity contribution in [2.75, 3.05) is 37.2 Å². The van der Waals surface area contributed by atoms with Crippen molar-refractivity contribution in [2.45, 2.75) is 40.2 Å². The molecule has 50 heavy (non-hydrogen) atoms. The number of aryl methyl sites for hydroxylation is 1. The van der Waals surface area contributed by atoms with Gasteiger partial charge in [0.15, 0.2) is 0 Å². The molecule has 0 unspecified atom stereocenters. The molecule has 7 N–H and O–H groups in total. The minimum Gasteiger partial charge on any atom is -0.480 e. The van der Waals surface area contributed by atoms with Crippen LogP contribution in [-0.2, 0) is 16.1 Å². The van der Waals surface area contributed by atoms with Crippen LogP contribution >= 0.6 is 0 Å². The fraction of sp³-hybridized carbons (Fsp3) is 0.306. The summed E-state index contributed by atoms with van der Waals surface area (Å²) in [5, 5.41) is 17.5. The molecule has 0 atom stereocenters. The maximum atomic E-state index is 15.3. The first-order chi connectivity index (χ1) is 23.9. The molecule has 0 saturated heterocycles. The van der Waals surface area contributed by atoms with Crippen molar-refractivity contribution in [3.8, 4) is 22.5 Å². The number of benzene rings is 3. The number of carboxylic acid groups (broad SMARTS) is 1. The molecule has 12 nitrogen and oxygen atoms in total. The number of nitrogens with zero attached hydrogens (tertiary/aromatic N) is 2. The van der Waals surface area contributed by atoms with Crippen LogP contribution in [0.25, 0.3) is 22.5 Å². The van der Waals surface area contributed by atoms with Gasteiger partial charge in [-0.15, -0.1) is 0 Å². The van der Waals surface area contributed by atoms with Crippen molar-refractivity contribution in [3.63, 3.8) is 0 Å². The van der Waals surface area contributed by atoms with Crippen molar-refractivity contribution < 1.29 is 33.1 Å². The highest BCUT2D eigenvalue weighted by Gasteiger charge is 2.57. The molecule has 3 aromatic carbocycles. The molecule has 3 amide bonds. The van der Waals surface area contributed by atoms with Crippen LogP contribution in [0.3, 0.4) is 0 Å². The Morgan fingerprint density at radius 3 is 2.26 bits per heavy atom. The molecule has 4 aromatic rings. The second-order valence-electron chi connectivity index (χ2n) is 12.1. The molecule has 2 heterocycles. The number of amides is 3. The number of aromatic nitrogens is 2. The fourth-order valence-corrected chi connectivity index (χ4v) is 5.75. The van der Waals surface area contributed by atoms with Crippen LogP contribution in [0.1, 0.15) is 58.8 Å². The topological polar surface area (TPSA) is 183 Å². The van der Waals surface area contributed by atoms with Gasteiger partial charge in [-0.3, -0.25) is 19.2 Å². The molecule has 1 fully saturated rings. The Hall–Kier alpha value is -5.63. The van der Waals surface area contributed by atoms with Gasteiger partial charge in [0.05, 0.1) is 11.3 Å². The van der Waals surface area contributed by atoms with E-state index in [0.29, 0.717) is 51.7 Å². The van der Waals surface area contributed by atoms with Crippen molar-refractivity contribution >= 4 is 35.1 Å². The van der Waals surface area contributed by atoms with E-state index < -0.39 is 23.1 Å². The molecule has 0 radical (unpaired) electrons. The van der Waals surface area contributed by atoms with Gasteiger partial charge in [0.25, 0.3) is 11.8 Å². The van der Waals surface area contributed by atoms with Crippen molar-refractivity contribution in [2.24, 2.45) is 5.41 Å². The average Bonchev–Trinajstić information content (AvgIpc) is 3.71. The molecule has 1 aliphatic carbocycles. The lowest BCUT2D eigenvalue weighted by Gasteiger charge is -2.17. The molecule has 1 saturated carbocycles. The van der Waals surface area contributed by atoms with Crippen LogP contribution in [0.15, 0.2) is 54.6 Å². The predicted molar refractivity (Wildman–Crippen MR) is 184 cm³/mol. The summed E-state index contributed by atoms with van der Waals surface area (Å²) in [6.45, 7) is 9.00.